The van der Waals surface area contributed by atoms with Crippen molar-refractivity contribution in [3.8, 4) is 17.5 Å². The Morgan fingerprint density at radius 3 is 2.78 bits per heavy atom. The zero-order valence-corrected chi connectivity index (χ0v) is 8.90. The topological polar surface area (TPSA) is 62.7 Å². The highest BCUT2D eigenvalue weighted by Crippen LogP contribution is 2.31. The van der Waals surface area contributed by atoms with Crippen LogP contribution in [0.4, 0.5) is 13.2 Å². The van der Waals surface area contributed by atoms with Crippen molar-refractivity contribution in [2.24, 2.45) is 0 Å². The van der Waals surface area contributed by atoms with E-state index in [0.29, 0.717) is 0 Å². The molecule has 0 aliphatic rings. The summed E-state index contributed by atoms with van der Waals surface area (Å²) >= 11 is 0. The summed E-state index contributed by atoms with van der Waals surface area (Å²) in [5.41, 5.74) is -0.593. The average molecular weight is 253 g/mol. The Balaban J connectivity index is 2.36. The number of nitriles is 1. The fourth-order valence-electron chi connectivity index (χ4n) is 1.35. The van der Waals surface area contributed by atoms with Crippen molar-refractivity contribution in [1.82, 2.24) is 10.1 Å². The zero-order valence-electron chi connectivity index (χ0n) is 8.90. The first-order valence-electron chi connectivity index (χ1n) is 4.88. The van der Waals surface area contributed by atoms with E-state index < -0.39 is 11.7 Å². The average Bonchev–Trinajstić information content (AvgIpc) is 2.77. The molecule has 0 saturated heterocycles. The lowest BCUT2D eigenvalue weighted by atomic mass is 10.1. The SMILES string of the molecule is N#CCc1nc(-c2cccc(C(F)(F)F)c2)no1. The summed E-state index contributed by atoms with van der Waals surface area (Å²) in [4.78, 5) is 3.83. The Kier molecular flexibility index (Phi) is 3.02. The van der Waals surface area contributed by atoms with Crippen LogP contribution in [-0.2, 0) is 12.6 Å². The van der Waals surface area contributed by atoms with Gasteiger partial charge in [0.15, 0.2) is 0 Å². The van der Waals surface area contributed by atoms with E-state index in [1.165, 1.54) is 12.1 Å². The molecule has 0 saturated carbocycles. The monoisotopic (exact) mass is 253 g/mol. The fraction of sp³-hybridized carbons (Fsp3) is 0.182. The minimum absolute atomic E-state index is 0.0337. The van der Waals surface area contributed by atoms with Crippen LogP contribution in [0.1, 0.15) is 11.5 Å². The summed E-state index contributed by atoms with van der Waals surface area (Å²) in [6.07, 6.45) is -4.50. The van der Waals surface area contributed by atoms with Gasteiger partial charge in [-0.2, -0.15) is 23.4 Å². The van der Waals surface area contributed by atoms with E-state index in [2.05, 4.69) is 10.1 Å². The summed E-state index contributed by atoms with van der Waals surface area (Å²) in [5.74, 6) is 0.108. The number of nitrogens with zero attached hydrogens (tertiary/aromatic N) is 3. The summed E-state index contributed by atoms with van der Waals surface area (Å²) in [6, 6.07) is 6.40. The molecule has 0 spiro atoms. The second-order valence-electron chi connectivity index (χ2n) is 3.43. The lowest BCUT2D eigenvalue weighted by Gasteiger charge is -2.06. The molecule has 0 unspecified atom stereocenters. The van der Waals surface area contributed by atoms with E-state index in [0.717, 1.165) is 12.1 Å². The van der Waals surface area contributed by atoms with Crippen LogP contribution in [0.5, 0.6) is 0 Å². The molecule has 0 N–H and O–H groups in total. The van der Waals surface area contributed by atoms with E-state index in [-0.39, 0.29) is 23.7 Å². The fourth-order valence-corrected chi connectivity index (χ4v) is 1.35. The highest BCUT2D eigenvalue weighted by atomic mass is 19.4. The van der Waals surface area contributed by atoms with Crippen LogP contribution in [0.2, 0.25) is 0 Å². The second kappa shape index (κ2) is 4.49. The van der Waals surface area contributed by atoms with Gasteiger partial charge in [0, 0.05) is 5.56 Å². The molecule has 0 aliphatic heterocycles. The van der Waals surface area contributed by atoms with Gasteiger partial charge in [0.05, 0.1) is 11.6 Å². The highest BCUT2D eigenvalue weighted by Gasteiger charge is 2.30. The first kappa shape index (κ1) is 12.1. The van der Waals surface area contributed by atoms with Crippen molar-refractivity contribution in [2.75, 3.05) is 0 Å². The Hall–Kier alpha value is -2.36. The summed E-state index contributed by atoms with van der Waals surface area (Å²) in [6.45, 7) is 0. The van der Waals surface area contributed by atoms with Gasteiger partial charge in [0.2, 0.25) is 11.7 Å². The summed E-state index contributed by atoms with van der Waals surface area (Å²) < 4.78 is 42.2. The molecule has 4 nitrogen and oxygen atoms in total. The molecule has 92 valence electrons. The number of aromatic nitrogens is 2. The molecule has 0 aliphatic carbocycles. The van der Waals surface area contributed by atoms with Crippen LogP contribution >= 0.6 is 0 Å². The quantitative estimate of drug-likeness (QED) is 0.825. The predicted octanol–water partition coefficient (Wildman–Crippen LogP) is 2.82. The number of rotatable bonds is 2. The molecular weight excluding hydrogens is 247 g/mol. The van der Waals surface area contributed by atoms with Gasteiger partial charge in [0.1, 0.15) is 6.42 Å². The third-order valence-corrected chi connectivity index (χ3v) is 2.15. The zero-order chi connectivity index (χ0) is 13.2. The molecule has 0 amide bonds. The van der Waals surface area contributed by atoms with E-state index in [9.17, 15) is 13.2 Å². The number of halogens is 3. The standard InChI is InChI=1S/C11H6F3N3O/c12-11(13,14)8-3-1-2-7(6-8)10-16-9(4-5-15)18-17-10/h1-3,6H,4H2. The van der Waals surface area contributed by atoms with Gasteiger partial charge in [-0.3, -0.25) is 0 Å². The minimum atomic E-state index is -4.42. The van der Waals surface area contributed by atoms with Crippen molar-refractivity contribution < 1.29 is 17.7 Å². The van der Waals surface area contributed by atoms with E-state index in [4.69, 9.17) is 9.78 Å². The van der Waals surface area contributed by atoms with Crippen LogP contribution in [0, 0.1) is 11.3 Å². The first-order valence-corrected chi connectivity index (χ1v) is 4.88. The maximum Gasteiger partial charge on any atom is 0.416 e. The van der Waals surface area contributed by atoms with E-state index in [1.807, 2.05) is 6.07 Å². The Labute approximate surface area is 99.7 Å². The van der Waals surface area contributed by atoms with Crippen molar-refractivity contribution in [3.05, 3.63) is 35.7 Å². The molecule has 7 heteroatoms. The molecule has 0 bridgehead atoms. The lowest BCUT2D eigenvalue weighted by Crippen LogP contribution is -2.04. The second-order valence-corrected chi connectivity index (χ2v) is 3.43. The molecular formula is C11H6F3N3O. The Bertz CT molecular complexity index is 598. The van der Waals surface area contributed by atoms with Crippen molar-refractivity contribution in [3.63, 3.8) is 0 Å². The molecule has 18 heavy (non-hydrogen) atoms. The lowest BCUT2D eigenvalue weighted by molar-refractivity contribution is -0.137. The molecule has 2 rings (SSSR count). The molecule has 1 aromatic heterocycles. The van der Waals surface area contributed by atoms with Gasteiger partial charge in [-0.05, 0) is 12.1 Å². The molecule has 0 atom stereocenters. The summed E-state index contributed by atoms with van der Waals surface area (Å²) in [7, 11) is 0. The summed E-state index contributed by atoms with van der Waals surface area (Å²) in [5, 5.41) is 11.9. The van der Waals surface area contributed by atoms with Crippen LogP contribution in [0.25, 0.3) is 11.4 Å². The normalized spacial score (nSPS) is 11.2. The number of alkyl halides is 3. The molecule has 0 fully saturated rings. The number of hydrogen-bond donors (Lipinski definition) is 0. The first-order chi connectivity index (χ1) is 8.50. The minimum Gasteiger partial charge on any atom is -0.338 e. The van der Waals surface area contributed by atoms with Crippen LogP contribution in [0.3, 0.4) is 0 Å². The molecule has 1 heterocycles. The van der Waals surface area contributed by atoms with Gasteiger partial charge in [-0.15, -0.1) is 0 Å². The predicted molar refractivity (Wildman–Crippen MR) is 54.1 cm³/mol. The van der Waals surface area contributed by atoms with Crippen molar-refractivity contribution in [1.29, 1.82) is 5.26 Å². The third-order valence-electron chi connectivity index (χ3n) is 2.15. The van der Waals surface area contributed by atoms with Crippen LogP contribution in [-0.4, -0.2) is 10.1 Å². The van der Waals surface area contributed by atoms with Gasteiger partial charge >= 0.3 is 6.18 Å². The Morgan fingerprint density at radius 2 is 2.11 bits per heavy atom. The van der Waals surface area contributed by atoms with Crippen molar-refractivity contribution >= 4 is 0 Å². The van der Waals surface area contributed by atoms with Crippen LogP contribution < -0.4 is 0 Å². The maximum atomic E-state index is 12.5. The maximum absolute atomic E-state index is 12.5. The van der Waals surface area contributed by atoms with Gasteiger partial charge < -0.3 is 4.52 Å². The molecule has 0 radical (unpaired) electrons. The van der Waals surface area contributed by atoms with Gasteiger partial charge in [0.25, 0.3) is 0 Å². The smallest absolute Gasteiger partial charge is 0.338 e. The molecule has 2 aromatic rings. The third kappa shape index (κ3) is 2.48. The largest absolute Gasteiger partial charge is 0.416 e. The van der Waals surface area contributed by atoms with Gasteiger partial charge in [-0.25, -0.2) is 0 Å². The van der Waals surface area contributed by atoms with Crippen LogP contribution in [0.15, 0.2) is 28.8 Å². The van der Waals surface area contributed by atoms with E-state index in [1.54, 1.807) is 0 Å². The Morgan fingerprint density at radius 1 is 1.33 bits per heavy atom. The van der Waals surface area contributed by atoms with E-state index >= 15 is 0 Å². The van der Waals surface area contributed by atoms with Crippen molar-refractivity contribution in [2.45, 2.75) is 12.6 Å². The van der Waals surface area contributed by atoms with Gasteiger partial charge in [-0.1, -0.05) is 17.3 Å². The molecule has 1 aromatic carbocycles. The number of benzene rings is 1. The highest BCUT2D eigenvalue weighted by molar-refractivity contribution is 5.55. The number of hydrogen-bond acceptors (Lipinski definition) is 4.